The monoisotopic (exact) mass is 321 g/mol. The molecular formula is C14H20F3N2O3+. The smallest absolute Gasteiger partial charge is 0.405 e. The van der Waals surface area contributed by atoms with Crippen LogP contribution in [0.5, 0.6) is 11.5 Å². The SMILES string of the molecule is COc1ccc(C[NH+](C)CC(=O)NCC(F)(F)F)cc1OC. The maximum atomic E-state index is 12.0. The lowest BCUT2D eigenvalue weighted by Crippen LogP contribution is -3.08. The van der Waals surface area contributed by atoms with Crippen LogP contribution in [0, 0.1) is 0 Å². The number of hydrogen-bond acceptors (Lipinski definition) is 3. The number of methoxy groups -OCH3 is 2. The van der Waals surface area contributed by atoms with E-state index in [9.17, 15) is 18.0 Å². The van der Waals surface area contributed by atoms with Gasteiger partial charge in [0.15, 0.2) is 18.0 Å². The Hall–Kier alpha value is -1.96. The lowest BCUT2D eigenvalue weighted by molar-refractivity contribution is -0.885. The Morgan fingerprint density at radius 1 is 1.23 bits per heavy atom. The number of hydrogen-bond donors (Lipinski definition) is 2. The Balaban J connectivity index is 2.54. The molecule has 0 spiro atoms. The molecule has 0 heterocycles. The van der Waals surface area contributed by atoms with E-state index in [-0.39, 0.29) is 6.54 Å². The molecule has 1 amide bonds. The van der Waals surface area contributed by atoms with E-state index in [1.165, 1.54) is 14.2 Å². The Kier molecular flexibility index (Phi) is 6.48. The third-order valence-electron chi connectivity index (χ3n) is 2.90. The zero-order valence-corrected chi connectivity index (χ0v) is 12.7. The first-order valence-electron chi connectivity index (χ1n) is 6.61. The quantitative estimate of drug-likeness (QED) is 0.764. The van der Waals surface area contributed by atoms with Gasteiger partial charge in [0.05, 0.1) is 21.3 Å². The highest BCUT2D eigenvalue weighted by Crippen LogP contribution is 2.27. The second-order valence-corrected chi connectivity index (χ2v) is 4.89. The van der Waals surface area contributed by atoms with Crippen molar-refractivity contribution >= 4 is 5.91 Å². The van der Waals surface area contributed by atoms with Crippen molar-refractivity contribution in [3.63, 3.8) is 0 Å². The number of amides is 1. The molecule has 0 aromatic heterocycles. The summed E-state index contributed by atoms with van der Waals surface area (Å²) in [6.45, 7) is -0.889. The second-order valence-electron chi connectivity index (χ2n) is 4.89. The molecule has 0 bridgehead atoms. The third kappa shape index (κ3) is 6.21. The summed E-state index contributed by atoms with van der Waals surface area (Å²) < 4.78 is 46.3. The molecule has 1 aromatic carbocycles. The van der Waals surface area contributed by atoms with Crippen LogP contribution in [-0.2, 0) is 11.3 Å². The van der Waals surface area contributed by atoms with Crippen molar-refractivity contribution in [2.75, 3.05) is 34.4 Å². The molecule has 0 saturated heterocycles. The van der Waals surface area contributed by atoms with Gasteiger partial charge in [0.25, 0.3) is 5.91 Å². The molecule has 1 unspecified atom stereocenters. The van der Waals surface area contributed by atoms with E-state index in [0.29, 0.717) is 18.0 Å². The molecule has 0 aliphatic heterocycles. The summed E-state index contributed by atoms with van der Waals surface area (Å²) in [4.78, 5) is 12.2. The van der Waals surface area contributed by atoms with Crippen molar-refractivity contribution in [1.29, 1.82) is 0 Å². The standard InChI is InChI=1S/C14H19F3N2O3/c1-19(8-13(20)18-9-14(15,16)17)7-10-4-5-11(21-2)12(6-10)22-3/h4-6H,7-9H2,1-3H3,(H,18,20)/p+1. The van der Waals surface area contributed by atoms with Crippen molar-refractivity contribution in [2.45, 2.75) is 12.7 Å². The third-order valence-corrected chi connectivity index (χ3v) is 2.90. The van der Waals surface area contributed by atoms with Crippen LogP contribution in [0.2, 0.25) is 0 Å². The van der Waals surface area contributed by atoms with Crippen molar-refractivity contribution in [1.82, 2.24) is 5.32 Å². The van der Waals surface area contributed by atoms with Gasteiger partial charge in [0.2, 0.25) is 0 Å². The number of rotatable bonds is 7. The van der Waals surface area contributed by atoms with Crippen LogP contribution < -0.4 is 19.7 Å². The predicted molar refractivity (Wildman–Crippen MR) is 74.1 cm³/mol. The molecule has 5 nitrogen and oxygen atoms in total. The minimum absolute atomic E-state index is 0.0512. The van der Waals surface area contributed by atoms with Gasteiger partial charge < -0.3 is 19.7 Å². The zero-order chi connectivity index (χ0) is 16.8. The molecule has 22 heavy (non-hydrogen) atoms. The summed E-state index contributed by atoms with van der Waals surface area (Å²) in [6.07, 6.45) is -4.40. The van der Waals surface area contributed by atoms with Crippen LogP contribution >= 0.6 is 0 Å². The fourth-order valence-corrected chi connectivity index (χ4v) is 1.94. The zero-order valence-electron chi connectivity index (χ0n) is 12.7. The average Bonchev–Trinajstić information content (AvgIpc) is 2.44. The molecule has 1 atom stereocenters. The number of quaternary nitrogens is 1. The number of halogens is 3. The van der Waals surface area contributed by atoms with E-state index in [4.69, 9.17) is 9.47 Å². The molecule has 0 aliphatic rings. The van der Waals surface area contributed by atoms with E-state index in [1.807, 2.05) is 11.4 Å². The van der Waals surface area contributed by atoms with Gasteiger partial charge in [-0.15, -0.1) is 0 Å². The summed E-state index contributed by atoms with van der Waals surface area (Å²) in [5.74, 6) is 0.511. The fourth-order valence-electron chi connectivity index (χ4n) is 1.94. The van der Waals surface area contributed by atoms with Crippen LogP contribution in [-0.4, -0.2) is 46.4 Å². The molecular weight excluding hydrogens is 301 g/mol. The first-order valence-corrected chi connectivity index (χ1v) is 6.61. The topological polar surface area (TPSA) is 52.0 Å². The molecule has 1 aromatic rings. The van der Waals surface area contributed by atoms with Gasteiger partial charge in [0.1, 0.15) is 13.1 Å². The van der Waals surface area contributed by atoms with Gasteiger partial charge in [-0.1, -0.05) is 0 Å². The maximum absolute atomic E-state index is 12.0. The summed E-state index contributed by atoms with van der Waals surface area (Å²) in [6, 6.07) is 5.33. The van der Waals surface area contributed by atoms with Crippen molar-refractivity contribution in [2.24, 2.45) is 0 Å². The average molecular weight is 321 g/mol. The maximum Gasteiger partial charge on any atom is 0.405 e. The number of likely N-dealkylation sites (N-methyl/N-ethyl adjacent to an activating group) is 1. The highest BCUT2D eigenvalue weighted by molar-refractivity contribution is 5.76. The minimum atomic E-state index is -4.40. The molecule has 0 aliphatic carbocycles. The summed E-state index contributed by atoms with van der Waals surface area (Å²) in [5, 5.41) is 1.85. The normalized spacial score (nSPS) is 12.6. The van der Waals surface area contributed by atoms with Gasteiger partial charge in [-0.05, 0) is 18.2 Å². The number of carbonyl (C=O) groups excluding carboxylic acids is 1. The number of benzene rings is 1. The fraction of sp³-hybridized carbons (Fsp3) is 0.500. The first kappa shape index (κ1) is 18.1. The lowest BCUT2D eigenvalue weighted by atomic mass is 10.2. The minimum Gasteiger partial charge on any atom is -0.493 e. The van der Waals surface area contributed by atoms with Crippen LogP contribution in [0.25, 0.3) is 0 Å². The summed E-state index contributed by atoms with van der Waals surface area (Å²) in [7, 11) is 4.77. The Morgan fingerprint density at radius 3 is 2.41 bits per heavy atom. The lowest BCUT2D eigenvalue weighted by Gasteiger charge is -2.15. The van der Waals surface area contributed by atoms with Gasteiger partial charge in [0, 0.05) is 5.56 Å². The Morgan fingerprint density at radius 2 is 1.86 bits per heavy atom. The highest BCUT2D eigenvalue weighted by Gasteiger charge is 2.28. The van der Waals surface area contributed by atoms with Gasteiger partial charge in [-0.2, -0.15) is 13.2 Å². The molecule has 0 radical (unpaired) electrons. The number of alkyl halides is 3. The van der Waals surface area contributed by atoms with Crippen molar-refractivity contribution < 1.29 is 32.3 Å². The van der Waals surface area contributed by atoms with E-state index < -0.39 is 18.6 Å². The molecule has 2 N–H and O–H groups in total. The summed E-state index contributed by atoms with van der Waals surface area (Å²) in [5.41, 5.74) is 0.888. The van der Waals surface area contributed by atoms with E-state index in [0.717, 1.165) is 10.5 Å². The number of carbonyl (C=O) groups is 1. The van der Waals surface area contributed by atoms with Crippen molar-refractivity contribution in [3.8, 4) is 11.5 Å². The molecule has 0 fully saturated rings. The Bertz CT molecular complexity index is 507. The largest absolute Gasteiger partial charge is 0.493 e. The van der Waals surface area contributed by atoms with Crippen LogP contribution in [0.15, 0.2) is 18.2 Å². The number of ether oxygens (including phenoxy) is 2. The first-order chi connectivity index (χ1) is 10.2. The molecule has 124 valence electrons. The molecule has 0 saturated carbocycles. The van der Waals surface area contributed by atoms with Crippen molar-refractivity contribution in [3.05, 3.63) is 23.8 Å². The predicted octanol–water partition coefficient (Wildman–Crippen LogP) is 0.397. The molecule has 8 heteroatoms. The van der Waals surface area contributed by atoms with Crippen LogP contribution in [0.3, 0.4) is 0 Å². The molecule has 1 rings (SSSR count). The highest BCUT2D eigenvalue weighted by atomic mass is 19.4. The van der Waals surface area contributed by atoms with Gasteiger partial charge >= 0.3 is 6.18 Å². The van der Waals surface area contributed by atoms with E-state index >= 15 is 0 Å². The number of nitrogens with one attached hydrogen (secondary N) is 2. The summed E-state index contributed by atoms with van der Waals surface area (Å²) >= 11 is 0. The van der Waals surface area contributed by atoms with Crippen LogP contribution in [0.4, 0.5) is 13.2 Å². The second kappa shape index (κ2) is 7.88. The Labute approximate surface area is 127 Å². The van der Waals surface area contributed by atoms with Crippen LogP contribution in [0.1, 0.15) is 5.56 Å². The van der Waals surface area contributed by atoms with E-state index in [2.05, 4.69) is 0 Å². The van der Waals surface area contributed by atoms with Gasteiger partial charge in [-0.3, -0.25) is 4.79 Å². The van der Waals surface area contributed by atoms with E-state index in [1.54, 1.807) is 19.2 Å². The van der Waals surface area contributed by atoms with Gasteiger partial charge in [-0.25, -0.2) is 0 Å².